The van der Waals surface area contributed by atoms with Crippen LogP contribution in [0.3, 0.4) is 0 Å². The van der Waals surface area contributed by atoms with E-state index in [1.807, 2.05) is 11.6 Å². The molecule has 0 radical (unpaired) electrons. The maximum absolute atomic E-state index is 3.89. The Hall–Kier alpha value is -0.760. The number of nitrogens with zero attached hydrogens (tertiary/aromatic N) is 1. The first kappa shape index (κ1) is 8.34. The Morgan fingerprint density at radius 1 is 1.36 bits per heavy atom. The minimum absolute atomic E-state index is 1.01. The zero-order chi connectivity index (χ0) is 7.94. The molecule has 0 amide bonds. The van der Waals surface area contributed by atoms with E-state index in [4.69, 9.17) is 0 Å². The van der Waals surface area contributed by atoms with Crippen molar-refractivity contribution in [2.45, 2.75) is 5.75 Å². The molecule has 58 valence electrons. The van der Waals surface area contributed by atoms with E-state index in [0.717, 1.165) is 5.75 Å². The maximum Gasteiger partial charge on any atom is 0.0540 e. The topological polar surface area (TPSA) is 12.4 Å². The van der Waals surface area contributed by atoms with Crippen LogP contribution >= 0.6 is 11.8 Å². The fraction of sp³-hybridized carbons (Fsp3) is 0.222. The third kappa shape index (κ3) is 3.23. The van der Waals surface area contributed by atoms with E-state index in [2.05, 4.69) is 29.3 Å². The Morgan fingerprint density at radius 3 is 2.73 bits per heavy atom. The molecular weight excluding hydrogens is 154 g/mol. The molecule has 0 unspecified atom stereocenters. The first-order valence-corrected chi connectivity index (χ1v) is 4.54. The highest BCUT2D eigenvalue weighted by Crippen LogP contribution is 2.08. The number of thioether (sulfide) groups is 1. The fourth-order valence-electron chi connectivity index (χ4n) is 0.782. The Morgan fingerprint density at radius 2 is 2.09 bits per heavy atom. The van der Waals surface area contributed by atoms with Gasteiger partial charge in [-0.1, -0.05) is 30.3 Å². The lowest BCUT2D eigenvalue weighted by Crippen LogP contribution is -1.77. The van der Waals surface area contributed by atoms with Gasteiger partial charge in [-0.05, 0) is 5.56 Å². The molecule has 0 spiro atoms. The minimum Gasteiger partial charge on any atom is -0.290 e. The molecule has 2 heteroatoms. The van der Waals surface area contributed by atoms with E-state index in [1.54, 1.807) is 18.8 Å². The van der Waals surface area contributed by atoms with E-state index in [1.165, 1.54) is 5.56 Å². The maximum atomic E-state index is 3.89. The van der Waals surface area contributed by atoms with Gasteiger partial charge < -0.3 is 0 Å². The third-order valence-corrected chi connectivity index (χ3v) is 2.13. The second-order valence-corrected chi connectivity index (χ2v) is 2.99. The number of rotatable bonds is 3. The highest BCUT2D eigenvalue weighted by atomic mass is 32.2. The summed E-state index contributed by atoms with van der Waals surface area (Å²) >= 11 is 1.71. The van der Waals surface area contributed by atoms with Crippen LogP contribution in [0.2, 0.25) is 0 Å². The summed E-state index contributed by atoms with van der Waals surface area (Å²) in [6.07, 6.45) is 0. The van der Waals surface area contributed by atoms with E-state index >= 15 is 0 Å². The predicted octanol–water partition coefficient (Wildman–Crippen LogP) is 2.58. The average Bonchev–Trinajstić information content (AvgIpc) is 2.07. The van der Waals surface area contributed by atoms with Gasteiger partial charge in [0.2, 0.25) is 0 Å². The van der Waals surface area contributed by atoms with Crippen molar-refractivity contribution >= 4 is 17.3 Å². The molecule has 0 N–H and O–H groups in total. The molecule has 0 fully saturated rings. The smallest absolute Gasteiger partial charge is 0.0540 e. The molecule has 1 aromatic rings. The second kappa shape index (κ2) is 4.97. The summed E-state index contributed by atoms with van der Waals surface area (Å²) in [5.41, 5.74) is 3.21. The number of hydrogen-bond donors (Lipinski definition) is 0. The summed E-state index contributed by atoms with van der Waals surface area (Å²) in [5, 5.41) is 0. The van der Waals surface area contributed by atoms with Crippen LogP contribution in [0.4, 0.5) is 0 Å². The highest BCUT2D eigenvalue weighted by Gasteiger charge is 1.87. The lowest BCUT2D eigenvalue weighted by Gasteiger charge is -1.94. The highest BCUT2D eigenvalue weighted by molar-refractivity contribution is 8.11. The van der Waals surface area contributed by atoms with E-state index in [-0.39, 0.29) is 0 Å². The quantitative estimate of drug-likeness (QED) is 0.495. The molecule has 1 aromatic carbocycles. The summed E-state index contributed by atoms with van der Waals surface area (Å²) in [4.78, 5) is 3.89. The van der Waals surface area contributed by atoms with Crippen LogP contribution < -0.4 is 0 Å². The SMILES string of the molecule is CN=CSCc1ccccc1. The summed E-state index contributed by atoms with van der Waals surface area (Å²) in [5.74, 6) is 1.01. The molecule has 11 heavy (non-hydrogen) atoms. The Labute approximate surface area is 71.5 Å². The molecule has 1 rings (SSSR count). The standard InChI is InChI=1S/C9H11NS/c1-10-8-11-7-9-5-3-2-4-6-9/h2-6,8H,7H2,1H3. The van der Waals surface area contributed by atoms with Gasteiger partial charge in [0.25, 0.3) is 0 Å². The largest absolute Gasteiger partial charge is 0.290 e. The van der Waals surface area contributed by atoms with Gasteiger partial charge in [0.1, 0.15) is 0 Å². The van der Waals surface area contributed by atoms with Crippen LogP contribution in [0.1, 0.15) is 5.56 Å². The summed E-state index contributed by atoms with van der Waals surface area (Å²) in [6.45, 7) is 0. The number of hydrogen-bond acceptors (Lipinski definition) is 2. The van der Waals surface area contributed by atoms with Gasteiger partial charge in [0, 0.05) is 12.8 Å². The van der Waals surface area contributed by atoms with Crippen molar-refractivity contribution in [1.29, 1.82) is 0 Å². The van der Waals surface area contributed by atoms with Crippen LogP contribution in [0.25, 0.3) is 0 Å². The zero-order valence-electron chi connectivity index (χ0n) is 6.53. The molecule has 1 nitrogen and oxygen atoms in total. The lowest BCUT2D eigenvalue weighted by atomic mass is 10.2. The molecule has 0 saturated carbocycles. The molecule has 0 aliphatic heterocycles. The lowest BCUT2D eigenvalue weighted by molar-refractivity contribution is 1.42. The van der Waals surface area contributed by atoms with E-state index < -0.39 is 0 Å². The van der Waals surface area contributed by atoms with Gasteiger partial charge in [-0.3, -0.25) is 4.99 Å². The van der Waals surface area contributed by atoms with Crippen LogP contribution in [-0.4, -0.2) is 12.6 Å². The van der Waals surface area contributed by atoms with E-state index in [9.17, 15) is 0 Å². The number of aliphatic imine (C=N–C) groups is 1. The van der Waals surface area contributed by atoms with Crippen molar-refractivity contribution in [2.75, 3.05) is 7.05 Å². The van der Waals surface area contributed by atoms with Crippen molar-refractivity contribution in [3.63, 3.8) is 0 Å². The van der Waals surface area contributed by atoms with Crippen molar-refractivity contribution in [3.05, 3.63) is 35.9 Å². The van der Waals surface area contributed by atoms with Crippen molar-refractivity contribution in [3.8, 4) is 0 Å². The van der Waals surface area contributed by atoms with Gasteiger partial charge in [0.05, 0.1) is 5.55 Å². The van der Waals surface area contributed by atoms with Gasteiger partial charge in [0.15, 0.2) is 0 Å². The third-order valence-electron chi connectivity index (χ3n) is 1.27. The normalized spacial score (nSPS) is 10.6. The van der Waals surface area contributed by atoms with Gasteiger partial charge in [-0.15, -0.1) is 11.8 Å². The zero-order valence-corrected chi connectivity index (χ0v) is 7.34. The summed E-state index contributed by atoms with van der Waals surface area (Å²) < 4.78 is 0. The van der Waals surface area contributed by atoms with Crippen molar-refractivity contribution in [2.24, 2.45) is 4.99 Å². The van der Waals surface area contributed by atoms with Crippen LogP contribution in [0.5, 0.6) is 0 Å². The Balaban J connectivity index is 2.39. The molecule has 0 saturated heterocycles. The number of benzene rings is 1. The summed E-state index contributed by atoms with van der Waals surface area (Å²) in [7, 11) is 1.79. The molecule has 0 bridgehead atoms. The van der Waals surface area contributed by atoms with E-state index in [0.29, 0.717) is 0 Å². The van der Waals surface area contributed by atoms with Crippen molar-refractivity contribution < 1.29 is 0 Å². The molecule has 0 aliphatic carbocycles. The molecule has 0 aromatic heterocycles. The van der Waals surface area contributed by atoms with Gasteiger partial charge in [-0.2, -0.15) is 0 Å². The van der Waals surface area contributed by atoms with Gasteiger partial charge in [-0.25, -0.2) is 0 Å². The Kier molecular flexibility index (Phi) is 3.76. The van der Waals surface area contributed by atoms with Gasteiger partial charge >= 0.3 is 0 Å². The minimum atomic E-state index is 1.01. The summed E-state index contributed by atoms with van der Waals surface area (Å²) in [6, 6.07) is 10.4. The Bertz CT molecular complexity index is 218. The monoisotopic (exact) mass is 165 g/mol. The van der Waals surface area contributed by atoms with Crippen LogP contribution in [0, 0.1) is 0 Å². The fourth-order valence-corrected chi connectivity index (χ4v) is 1.39. The molecule has 0 atom stereocenters. The van der Waals surface area contributed by atoms with Crippen molar-refractivity contribution in [1.82, 2.24) is 0 Å². The molecule has 0 aliphatic rings. The first-order valence-electron chi connectivity index (χ1n) is 3.49. The second-order valence-electron chi connectivity index (χ2n) is 2.16. The predicted molar refractivity (Wildman–Crippen MR) is 52.2 cm³/mol. The average molecular weight is 165 g/mol. The molecular formula is C9H11NS. The van der Waals surface area contributed by atoms with Crippen LogP contribution in [0.15, 0.2) is 35.3 Å². The first-order chi connectivity index (χ1) is 5.43. The molecule has 0 heterocycles. The van der Waals surface area contributed by atoms with Crippen LogP contribution in [-0.2, 0) is 5.75 Å².